The molecule has 0 unspecified atom stereocenters. The SMILES string of the molecule is CSCCCCCCNC(=O)c1ccccc1I. The highest BCUT2D eigenvalue weighted by Crippen LogP contribution is 2.11. The van der Waals surface area contributed by atoms with Crippen LogP contribution >= 0.6 is 34.4 Å². The summed E-state index contributed by atoms with van der Waals surface area (Å²) in [5, 5.41) is 2.98. The monoisotopic (exact) mass is 377 g/mol. The zero-order chi connectivity index (χ0) is 13.2. The minimum atomic E-state index is 0.0455. The van der Waals surface area contributed by atoms with Crippen molar-refractivity contribution in [3.63, 3.8) is 0 Å². The van der Waals surface area contributed by atoms with Gasteiger partial charge in [0.05, 0.1) is 5.56 Å². The van der Waals surface area contributed by atoms with Crippen LogP contribution in [0, 0.1) is 3.57 Å². The largest absolute Gasteiger partial charge is 0.352 e. The van der Waals surface area contributed by atoms with Gasteiger partial charge in [-0.15, -0.1) is 0 Å². The molecule has 0 saturated heterocycles. The molecule has 1 aromatic carbocycles. The Balaban J connectivity index is 2.16. The van der Waals surface area contributed by atoms with E-state index in [4.69, 9.17) is 0 Å². The van der Waals surface area contributed by atoms with E-state index in [0.29, 0.717) is 0 Å². The van der Waals surface area contributed by atoms with Gasteiger partial charge in [0, 0.05) is 10.1 Å². The number of thioether (sulfide) groups is 1. The van der Waals surface area contributed by atoms with Gasteiger partial charge in [-0.1, -0.05) is 25.0 Å². The first-order valence-corrected chi connectivity index (χ1v) is 8.74. The lowest BCUT2D eigenvalue weighted by molar-refractivity contribution is 0.0952. The van der Waals surface area contributed by atoms with Crippen molar-refractivity contribution in [3.8, 4) is 0 Å². The Bertz CT molecular complexity index is 371. The number of benzene rings is 1. The number of rotatable bonds is 8. The predicted octanol–water partition coefficient (Wildman–Crippen LogP) is 3.94. The second kappa shape index (κ2) is 9.67. The number of hydrogen-bond acceptors (Lipinski definition) is 2. The maximum atomic E-state index is 11.9. The molecule has 0 aliphatic heterocycles. The van der Waals surface area contributed by atoms with Crippen LogP contribution in [0.1, 0.15) is 36.0 Å². The van der Waals surface area contributed by atoms with Crippen LogP contribution in [0.2, 0.25) is 0 Å². The summed E-state index contributed by atoms with van der Waals surface area (Å²) in [6, 6.07) is 7.68. The third-order valence-electron chi connectivity index (χ3n) is 2.68. The Kier molecular flexibility index (Phi) is 8.50. The minimum absolute atomic E-state index is 0.0455. The van der Waals surface area contributed by atoms with E-state index in [1.165, 1.54) is 25.0 Å². The average molecular weight is 377 g/mol. The fourth-order valence-electron chi connectivity index (χ4n) is 1.67. The van der Waals surface area contributed by atoms with E-state index in [9.17, 15) is 4.79 Å². The van der Waals surface area contributed by atoms with Gasteiger partial charge in [0.2, 0.25) is 0 Å². The Hall–Kier alpha value is -0.230. The fraction of sp³-hybridized carbons (Fsp3) is 0.500. The van der Waals surface area contributed by atoms with Crippen molar-refractivity contribution >= 4 is 40.3 Å². The molecule has 0 fully saturated rings. The molecule has 0 aliphatic rings. The van der Waals surface area contributed by atoms with E-state index in [-0.39, 0.29) is 5.91 Å². The van der Waals surface area contributed by atoms with Gasteiger partial charge in [0.25, 0.3) is 5.91 Å². The van der Waals surface area contributed by atoms with Gasteiger partial charge in [-0.05, 0) is 59.6 Å². The molecule has 100 valence electrons. The number of nitrogens with one attached hydrogen (secondary N) is 1. The number of amides is 1. The van der Waals surface area contributed by atoms with Gasteiger partial charge in [-0.3, -0.25) is 4.79 Å². The molecule has 2 nitrogen and oxygen atoms in total. The van der Waals surface area contributed by atoms with Crippen LogP contribution in [0.4, 0.5) is 0 Å². The molecule has 0 atom stereocenters. The summed E-state index contributed by atoms with van der Waals surface area (Å²) in [5.74, 6) is 1.29. The quantitative estimate of drug-likeness (QED) is 0.549. The van der Waals surface area contributed by atoms with Crippen molar-refractivity contribution in [1.29, 1.82) is 0 Å². The number of hydrogen-bond donors (Lipinski definition) is 1. The lowest BCUT2D eigenvalue weighted by Gasteiger charge is -2.06. The van der Waals surface area contributed by atoms with Gasteiger partial charge in [-0.25, -0.2) is 0 Å². The molecule has 1 rings (SSSR count). The van der Waals surface area contributed by atoms with Crippen molar-refractivity contribution in [2.24, 2.45) is 0 Å². The van der Waals surface area contributed by atoms with Crippen LogP contribution in [-0.4, -0.2) is 24.5 Å². The van der Waals surface area contributed by atoms with E-state index >= 15 is 0 Å². The first-order valence-electron chi connectivity index (χ1n) is 6.27. The molecule has 1 N–H and O–H groups in total. The van der Waals surface area contributed by atoms with Gasteiger partial charge >= 0.3 is 0 Å². The van der Waals surface area contributed by atoms with Gasteiger partial charge in [0.15, 0.2) is 0 Å². The van der Waals surface area contributed by atoms with E-state index in [2.05, 4.69) is 34.2 Å². The Labute approximate surface area is 127 Å². The molecule has 0 radical (unpaired) electrons. The Morgan fingerprint density at radius 2 is 1.94 bits per heavy atom. The normalized spacial score (nSPS) is 10.3. The molecule has 1 aromatic rings. The van der Waals surface area contributed by atoms with Crippen molar-refractivity contribution in [3.05, 3.63) is 33.4 Å². The predicted molar refractivity (Wildman–Crippen MR) is 88.3 cm³/mol. The summed E-state index contributed by atoms with van der Waals surface area (Å²) >= 11 is 4.09. The molecular weight excluding hydrogens is 357 g/mol. The van der Waals surface area contributed by atoms with Crippen molar-refractivity contribution in [2.45, 2.75) is 25.7 Å². The van der Waals surface area contributed by atoms with Crippen LogP contribution in [0.15, 0.2) is 24.3 Å². The number of carbonyl (C=O) groups is 1. The van der Waals surface area contributed by atoms with Crippen LogP contribution in [0.25, 0.3) is 0 Å². The topological polar surface area (TPSA) is 29.1 Å². The van der Waals surface area contributed by atoms with Crippen LogP contribution < -0.4 is 5.32 Å². The van der Waals surface area contributed by atoms with Gasteiger partial charge in [-0.2, -0.15) is 11.8 Å². The van der Waals surface area contributed by atoms with E-state index < -0.39 is 0 Å². The third-order valence-corrected chi connectivity index (χ3v) is 4.32. The maximum Gasteiger partial charge on any atom is 0.252 e. The first-order chi connectivity index (χ1) is 8.75. The highest BCUT2D eigenvalue weighted by atomic mass is 127. The molecule has 1 amide bonds. The molecular formula is C14H20INOS. The summed E-state index contributed by atoms with van der Waals surface area (Å²) in [7, 11) is 0. The lowest BCUT2D eigenvalue weighted by Crippen LogP contribution is -2.25. The number of carbonyl (C=O) groups excluding carboxylic acids is 1. The molecule has 4 heteroatoms. The second-order valence-corrected chi connectivity index (χ2v) is 6.29. The van der Waals surface area contributed by atoms with Crippen molar-refractivity contribution < 1.29 is 4.79 Å². The van der Waals surface area contributed by atoms with Crippen LogP contribution in [0.3, 0.4) is 0 Å². The van der Waals surface area contributed by atoms with Gasteiger partial charge < -0.3 is 5.32 Å². The zero-order valence-electron chi connectivity index (χ0n) is 10.7. The first kappa shape index (κ1) is 15.8. The summed E-state index contributed by atoms with van der Waals surface area (Å²) < 4.78 is 1.01. The third kappa shape index (κ3) is 6.09. The number of unbranched alkanes of at least 4 members (excludes halogenated alkanes) is 3. The fourth-order valence-corrected chi connectivity index (χ4v) is 2.79. The highest BCUT2D eigenvalue weighted by Gasteiger charge is 2.07. The zero-order valence-corrected chi connectivity index (χ0v) is 13.7. The Morgan fingerprint density at radius 3 is 2.67 bits per heavy atom. The molecule has 18 heavy (non-hydrogen) atoms. The van der Waals surface area contributed by atoms with E-state index in [1.807, 2.05) is 36.0 Å². The molecule has 0 saturated carbocycles. The standard InChI is InChI=1S/C14H20INOS/c1-18-11-7-3-2-6-10-16-14(17)12-8-4-5-9-13(12)15/h4-5,8-9H,2-3,6-7,10-11H2,1H3,(H,16,17). The second-order valence-electron chi connectivity index (χ2n) is 4.14. The lowest BCUT2D eigenvalue weighted by atomic mass is 10.2. The van der Waals surface area contributed by atoms with Crippen LogP contribution in [-0.2, 0) is 0 Å². The molecule has 0 spiro atoms. The molecule has 0 bridgehead atoms. The smallest absolute Gasteiger partial charge is 0.252 e. The summed E-state index contributed by atoms with van der Waals surface area (Å²) in [5.41, 5.74) is 0.778. The molecule has 0 aliphatic carbocycles. The summed E-state index contributed by atoms with van der Waals surface area (Å²) in [6.07, 6.45) is 6.96. The van der Waals surface area contributed by atoms with Crippen molar-refractivity contribution in [2.75, 3.05) is 18.6 Å². The highest BCUT2D eigenvalue weighted by molar-refractivity contribution is 14.1. The van der Waals surface area contributed by atoms with Gasteiger partial charge in [0.1, 0.15) is 0 Å². The average Bonchev–Trinajstić information content (AvgIpc) is 2.38. The summed E-state index contributed by atoms with van der Waals surface area (Å²) in [6.45, 7) is 0.781. The van der Waals surface area contributed by atoms with E-state index in [0.717, 1.165) is 22.1 Å². The maximum absolute atomic E-state index is 11.9. The summed E-state index contributed by atoms with van der Waals surface area (Å²) in [4.78, 5) is 11.9. The van der Waals surface area contributed by atoms with Crippen molar-refractivity contribution in [1.82, 2.24) is 5.32 Å². The van der Waals surface area contributed by atoms with E-state index in [1.54, 1.807) is 0 Å². The number of halogens is 1. The minimum Gasteiger partial charge on any atom is -0.352 e. The van der Waals surface area contributed by atoms with Crippen LogP contribution in [0.5, 0.6) is 0 Å². The molecule has 0 aromatic heterocycles. The Morgan fingerprint density at radius 1 is 1.22 bits per heavy atom. The molecule has 0 heterocycles.